The molecule has 1 unspecified atom stereocenters. The van der Waals surface area contributed by atoms with E-state index in [2.05, 4.69) is 0 Å². The average Bonchev–Trinajstić information content (AvgIpc) is 3.01. The molecule has 2 aromatic rings. The fraction of sp³-hybridized carbons (Fsp3) is 0.333. The highest BCUT2D eigenvalue weighted by Crippen LogP contribution is 2.39. The minimum absolute atomic E-state index is 0.131. The van der Waals surface area contributed by atoms with Crippen molar-refractivity contribution < 1.29 is 24.2 Å². The topological polar surface area (TPSA) is 76.1 Å². The molecule has 1 amide bonds. The zero-order chi connectivity index (χ0) is 21.7. The molecule has 3 rings (SSSR count). The average molecular weight is 409 g/mol. The van der Waals surface area contributed by atoms with Crippen LogP contribution in [0.5, 0.6) is 5.75 Å². The lowest BCUT2D eigenvalue weighted by atomic mass is 9.91. The molecular formula is C24H27NO5. The van der Waals surface area contributed by atoms with Crippen LogP contribution in [0.4, 0.5) is 0 Å². The van der Waals surface area contributed by atoms with Crippen molar-refractivity contribution in [3.05, 3.63) is 77.1 Å². The summed E-state index contributed by atoms with van der Waals surface area (Å²) >= 11 is 0. The van der Waals surface area contributed by atoms with Gasteiger partial charge < -0.3 is 19.5 Å². The summed E-state index contributed by atoms with van der Waals surface area (Å²) in [6, 6.07) is 16.4. The maximum Gasteiger partial charge on any atom is 0.290 e. The molecule has 1 aliphatic heterocycles. The number of methoxy groups -OCH3 is 1. The third kappa shape index (κ3) is 4.54. The lowest BCUT2D eigenvalue weighted by Gasteiger charge is -2.27. The van der Waals surface area contributed by atoms with Gasteiger partial charge in [0.2, 0.25) is 0 Å². The molecule has 0 fully saturated rings. The van der Waals surface area contributed by atoms with E-state index < -0.39 is 17.7 Å². The highest BCUT2D eigenvalue weighted by molar-refractivity contribution is 6.09. The van der Waals surface area contributed by atoms with E-state index in [0.29, 0.717) is 24.5 Å². The lowest BCUT2D eigenvalue weighted by Crippen LogP contribution is -2.34. The van der Waals surface area contributed by atoms with Crippen LogP contribution >= 0.6 is 0 Å². The molecule has 30 heavy (non-hydrogen) atoms. The molecule has 0 radical (unpaired) electrons. The Kier molecular flexibility index (Phi) is 6.90. The van der Waals surface area contributed by atoms with E-state index in [0.717, 1.165) is 5.56 Å². The van der Waals surface area contributed by atoms with Crippen LogP contribution in [0, 0.1) is 5.92 Å². The highest BCUT2D eigenvalue weighted by Gasteiger charge is 2.43. The molecule has 158 valence electrons. The molecule has 0 saturated carbocycles. The Balaban J connectivity index is 1.92. The molecule has 0 bridgehead atoms. The fourth-order valence-corrected chi connectivity index (χ4v) is 3.50. The van der Waals surface area contributed by atoms with Gasteiger partial charge in [-0.3, -0.25) is 9.59 Å². The summed E-state index contributed by atoms with van der Waals surface area (Å²) in [6.07, 6.45) is 0. The number of ketones is 1. The van der Waals surface area contributed by atoms with E-state index in [4.69, 9.17) is 9.47 Å². The standard InChI is InChI=1S/C24H27NO5/c1-16(2)22(26)20-21(25(12-13-29-3)24(28)23(20)27)18-10-7-11-19(14-18)30-15-17-8-5-4-6-9-17/h4-11,14,16,21,27H,12-13,15H2,1-3H3. The number of carbonyl (C=O) groups is 2. The first kappa shape index (κ1) is 21.6. The first-order valence-corrected chi connectivity index (χ1v) is 9.98. The molecular weight excluding hydrogens is 382 g/mol. The number of hydrogen-bond acceptors (Lipinski definition) is 5. The molecule has 1 N–H and O–H groups in total. The summed E-state index contributed by atoms with van der Waals surface area (Å²) in [5.74, 6) is -1.01. The summed E-state index contributed by atoms with van der Waals surface area (Å²) < 4.78 is 11.0. The highest BCUT2D eigenvalue weighted by atomic mass is 16.5. The Morgan fingerprint density at radius 3 is 2.53 bits per heavy atom. The molecule has 0 aliphatic carbocycles. The number of amides is 1. The van der Waals surface area contributed by atoms with Crippen molar-refractivity contribution in [2.75, 3.05) is 20.3 Å². The van der Waals surface area contributed by atoms with Crippen molar-refractivity contribution in [2.24, 2.45) is 5.92 Å². The predicted octanol–water partition coefficient (Wildman–Crippen LogP) is 3.83. The number of rotatable bonds is 9. The summed E-state index contributed by atoms with van der Waals surface area (Å²) in [6.45, 7) is 4.46. The van der Waals surface area contributed by atoms with Crippen LogP contribution < -0.4 is 4.74 Å². The second-order valence-electron chi connectivity index (χ2n) is 7.52. The molecule has 1 heterocycles. The van der Waals surface area contributed by atoms with E-state index in [1.807, 2.05) is 54.6 Å². The monoisotopic (exact) mass is 409 g/mol. The Morgan fingerprint density at radius 2 is 1.87 bits per heavy atom. The van der Waals surface area contributed by atoms with E-state index in [9.17, 15) is 14.7 Å². The van der Waals surface area contributed by atoms with Gasteiger partial charge in [0.05, 0.1) is 18.2 Å². The number of Topliss-reactive ketones (excluding diaryl/α,β-unsaturated/α-hetero) is 1. The van der Waals surface area contributed by atoms with Crippen LogP contribution in [0.3, 0.4) is 0 Å². The maximum atomic E-state index is 12.8. The van der Waals surface area contributed by atoms with Crippen molar-refractivity contribution in [3.8, 4) is 5.75 Å². The van der Waals surface area contributed by atoms with Crippen LogP contribution in [0.2, 0.25) is 0 Å². The zero-order valence-electron chi connectivity index (χ0n) is 17.5. The van der Waals surface area contributed by atoms with Crippen LogP contribution in [-0.4, -0.2) is 42.0 Å². The predicted molar refractivity (Wildman–Crippen MR) is 113 cm³/mol. The first-order chi connectivity index (χ1) is 14.4. The second kappa shape index (κ2) is 9.59. The lowest BCUT2D eigenvalue weighted by molar-refractivity contribution is -0.130. The number of aliphatic hydroxyl groups is 1. The second-order valence-corrected chi connectivity index (χ2v) is 7.52. The van der Waals surface area contributed by atoms with E-state index in [1.54, 1.807) is 21.0 Å². The van der Waals surface area contributed by atoms with Crippen molar-refractivity contribution >= 4 is 11.7 Å². The quantitative estimate of drug-likeness (QED) is 0.681. The molecule has 1 atom stereocenters. The van der Waals surface area contributed by atoms with Crippen LogP contribution in [0.25, 0.3) is 0 Å². The van der Waals surface area contributed by atoms with E-state index in [1.165, 1.54) is 4.90 Å². The Bertz CT molecular complexity index is 936. The molecule has 6 nitrogen and oxygen atoms in total. The maximum absolute atomic E-state index is 12.8. The largest absolute Gasteiger partial charge is 0.503 e. The summed E-state index contributed by atoms with van der Waals surface area (Å²) in [4.78, 5) is 27.0. The molecule has 1 aliphatic rings. The molecule has 0 spiro atoms. The van der Waals surface area contributed by atoms with Gasteiger partial charge in [0.15, 0.2) is 11.5 Å². The number of carbonyl (C=O) groups excluding carboxylic acids is 2. The molecule has 0 aromatic heterocycles. The van der Waals surface area contributed by atoms with Crippen molar-refractivity contribution in [3.63, 3.8) is 0 Å². The van der Waals surface area contributed by atoms with Crippen molar-refractivity contribution in [1.82, 2.24) is 4.90 Å². The summed E-state index contributed by atoms with van der Waals surface area (Å²) in [5.41, 5.74) is 1.87. The number of hydrogen-bond donors (Lipinski definition) is 1. The van der Waals surface area contributed by atoms with Crippen molar-refractivity contribution in [2.45, 2.75) is 26.5 Å². The number of benzene rings is 2. The van der Waals surface area contributed by atoms with Gasteiger partial charge in [-0.2, -0.15) is 0 Å². The third-order valence-electron chi connectivity index (χ3n) is 5.05. The third-order valence-corrected chi connectivity index (χ3v) is 5.05. The van der Waals surface area contributed by atoms with Crippen LogP contribution in [0.15, 0.2) is 65.9 Å². The van der Waals surface area contributed by atoms with Gasteiger partial charge in [0.25, 0.3) is 5.91 Å². The normalized spacial score (nSPS) is 16.5. The minimum Gasteiger partial charge on any atom is -0.503 e. The first-order valence-electron chi connectivity index (χ1n) is 9.98. The van der Waals surface area contributed by atoms with Gasteiger partial charge in [-0.1, -0.05) is 56.3 Å². The Morgan fingerprint density at radius 1 is 1.13 bits per heavy atom. The Labute approximate surface area is 176 Å². The minimum atomic E-state index is -0.678. The fourth-order valence-electron chi connectivity index (χ4n) is 3.50. The van der Waals surface area contributed by atoms with Crippen LogP contribution in [0.1, 0.15) is 31.0 Å². The number of aliphatic hydroxyl groups excluding tert-OH is 1. The van der Waals surface area contributed by atoms with Gasteiger partial charge in [-0.05, 0) is 23.3 Å². The van der Waals surface area contributed by atoms with E-state index in [-0.39, 0.29) is 23.8 Å². The number of nitrogens with zero attached hydrogens (tertiary/aromatic N) is 1. The molecule has 2 aromatic carbocycles. The summed E-state index contributed by atoms with van der Waals surface area (Å²) in [7, 11) is 1.54. The van der Waals surface area contributed by atoms with Crippen molar-refractivity contribution in [1.29, 1.82) is 0 Å². The summed E-state index contributed by atoms with van der Waals surface area (Å²) in [5, 5.41) is 10.5. The molecule has 0 saturated heterocycles. The number of ether oxygens (including phenoxy) is 2. The molecule has 6 heteroatoms. The zero-order valence-corrected chi connectivity index (χ0v) is 17.5. The van der Waals surface area contributed by atoms with Gasteiger partial charge in [-0.15, -0.1) is 0 Å². The van der Waals surface area contributed by atoms with Gasteiger partial charge in [0.1, 0.15) is 12.4 Å². The van der Waals surface area contributed by atoms with Gasteiger partial charge in [0, 0.05) is 19.6 Å². The van der Waals surface area contributed by atoms with E-state index >= 15 is 0 Å². The SMILES string of the molecule is COCCN1C(=O)C(O)=C(C(=O)C(C)C)C1c1cccc(OCc2ccccc2)c1. The smallest absolute Gasteiger partial charge is 0.290 e. The van der Waals surface area contributed by atoms with Crippen LogP contribution in [-0.2, 0) is 20.9 Å². The van der Waals surface area contributed by atoms with Gasteiger partial charge in [-0.25, -0.2) is 0 Å². The van der Waals surface area contributed by atoms with Gasteiger partial charge >= 0.3 is 0 Å². The Hall–Kier alpha value is -3.12.